The summed E-state index contributed by atoms with van der Waals surface area (Å²) in [6.45, 7) is 10.6. The fraction of sp³-hybridized carbons (Fsp3) is 0.333. The number of carbonyl (C=O) groups excluding carboxylic acids is 1. The maximum Gasteiger partial charge on any atom is 0.248 e. The van der Waals surface area contributed by atoms with Gasteiger partial charge in [0.05, 0.1) is 5.71 Å². The minimum atomic E-state index is -0.419. The van der Waals surface area contributed by atoms with Crippen LogP contribution in [0.25, 0.3) is 5.69 Å². The van der Waals surface area contributed by atoms with Crippen molar-refractivity contribution in [2.75, 3.05) is 6.61 Å². The van der Waals surface area contributed by atoms with Crippen molar-refractivity contribution in [3.05, 3.63) is 65.5 Å². The standard InChI is InChI=1S/C21H25N3O2/c1-5-10-26-23-18-12-21(3,4)13-19-17(18)11-14(2)24(19)16-8-6-15(7-9-16)20(22)25/h5-9,11H,1,10,12-13H2,2-4H3,(H2,22,25)/b23-18+. The fourth-order valence-electron chi connectivity index (χ4n) is 3.56. The van der Waals surface area contributed by atoms with E-state index in [1.165, 1.54) is 5.69 Å². The number of hydrogen-bond donors (Lipinski definition) is 1. The number of hydrogen-bond acceptors (Lipinski definition) is 3. The number of oxime groups is 1. The normalized spacial score (nSPS) is 17.0. The summed E-state index contributed by atoms with van der Waals surface area (Å²) in [7, 11) is 0. The third-order valence-corrected chi connectivity index (χ3v) is 4.67. The Morgan fingerprint density at radius 1 is 1.35 bits per heavy atom. The predicted octanol–water partition coefficient (Wildman–Crippen LogP) is 3.76. The summed E-state index contributed by atoms with van der Waals surface area (Å²) in [6, 6.07) is 9.54. The zero-order valence-electron chi connectivity index (χ0n) is 15.6. The van der Waals surface area contributed by atoms with E-state index in [1.54, 1.807) is 18.2 Å². The first-order valence-corrected chi connectivity index (χ1v) is 8.74. The van der Waals surface area contributed by atoms with Crippen LogP contribution in [-0.2, 0) is 11.3 Å². The van der Waals surface area contributed by atoms with Gasteiger partial charge in [-0.15, -0.1) is 0 Å². The molecule has 1 aromatic carbocycles. The number of primary amides is 1. The second-order valence-corrected chi connectivity index (χ2v) is 7.53. The van der Waals surface area contributed by atoms with E-state index in [9.17, 15) is 4.79 Å². The second kappa shape index (κ2) is 6.83. The molecule has 1 aromatic heterocycles. The molecule has 0 saturated carbocycles. The van der Waals surface area contributed by atoms with Gasteiger partial charge in [-0.3, -0.25) is 4.79 Å². The Bertz CT molecular complexity index is 873. The lowest BCUT2D eigenvalue weighted by Gasteiger charge is -2.31. The molecule has 0 atom stereocenters. The molecule has 0 unspecified atom stereocenters. The molecule has 5 heteroatoms. The van der Waals surface area contributed by atoms with Gasteiger partial charge >= 0.3 is 0 Å². The minimum absolute atomic E-state index is 0.0824. The molecule has 1 aliphatic carbocycles. The lowest BCUT2D eigenvalue weighted by molar-refractivity contribution is 0.100. The summed E-state index contributed by atoms with van der Waals surface area (Å²) in [5.41, 5.74) is 11.4. The van der Waals surface area contributed by atoms with Gasteiger partial charge in [0.1, 0.15) is 6.61 Å². The highest BCUT2D eigenvalue weighted by Crippen LogP contribution is 2.38. The zero-order valence-corrected chi connectivity index (χ0v) is 15.6. The second-order valence-electron chi connectivity index (χ2n) is 7.53. The highest BCUT2D eigenvalue weighted by atomic mass is 16.6. The maximum absolute atomic E-state index is 11.3. The maximum atomic E-state index is 11.3. The number of aryl methyl sites for hydroxylation is 1. The predicted molar refractivity (Wildman–Crippen MR) is 104 cm³/mol. The van der Waals surface area contributed by atoms with Crippen molar-refractivity contribution in [3.63, 3.8) is 0 Å². The van der Waals surface area contributed by atoms with Gasteiger partial charge in [0.2, 0.25) is 5.91 Å². The van der Waals surface area contributed by atoms with Gasteiger partial charge < -0.3 is 15.1 Å². The molecule has 5 nitrogen and oxygen atoms in total. The number of aromatic nitrogens is 1. The number of fused-ring (bicyclic) bond motifs is 1. The Hall–Kier alpha value is -2.82. The average Bonchev–Trinajstić information content (AvgIpc) is 2.90. The monoisotopic (exact) mass is 351 g/mol. The summed E-state index contributed by atoms with van der Waals surface area (Å²) in [5, 5.41) is 4.37. The van der Waals surface area contributed by atoms with Crippen LogP contribution in [0.5, 0.6) is 0 Å². The van der Waals surface area contributed by atoms with Gasteiger partial charge in [-0.05, 0) is 55.5 Å². The molecular formula is C21H25N3O2. The topological polar surface area (TPSA) is 69.6 Å². The molecule has 0 fully saturated rings. The van der Waals surface area contributed by atoms with Crippen LogP contribution in [0, 0.1) is 12.3 Å². The molecule has 1 aliphatic rings. The van der Waals surface area contributed by atoms with E-state index in [1.807, 2.05) is 12.1 Å². The van der Waals surface area contributed by atoms with Crippen molar-refractivity contribution < 1.29 is 9.63 Å². The van der Waals surface area contributed by atoms with E-state index >= 15 is 0 Å². The van der Waals surface area contributed by atoms with E-state index in [0.717, 1.165) is 35.5 Å². The van der Waals surface area contributed by atoms with E-state index in [0.29, 0.717) is 12.2 Å². The fourth-order valence-corrected chi connectivity index (χ4v) is 3.56. The van der Waals surface area contributed by atoms with E-state index in [-0.39, 0.29) is 5.41 Å². The molecule has 2 N–H and O–H groups in total. The quantitative estimate of drug-likeness (QED) is 0.506. The van der Waals surface area contributed by atoms with Crippen LogP contribution >= 0.6 is 0 Å². The molecule has 0 spiro atoms. The van der Waals surface area contributed by atoms with Gasteiger partial charge in [0.25, 0.3) is 0 Å². The molecule has 0 radical (unpaired) electrons. The Kier molecular flexibility index (Phi) is 4.72. The molecule has 3 rings (SSSR count). The van der Waals surface area contributed by atoms with Crippen LogP contribution in [-0.4, -0.2) is 22.8 Å². The van der Waals surface area contributed by atoms with Gasteiger partial charge in [0.15, 0.2) is 0 Å². The van der Waals surface area contributed by atoms with Crippen LogP contribution in [0.4, 0.5) is 0 Å². The smallest absolute Gasteiger partial charge is 0.248 e. The zero-order chi connectivity index (χ0) is 18.9. The van der Waals surface area contributed by atoms with Crippen molar-refractivity contribution in [1.29, 1.82) is 0 Å². The summed E-state index contributed by atoms with van der Waals surface area (Å²) < 4.78 is 2.23. The van der Waals surface area contributed by atoms with E-state index < -0.39 is 5.91 Å². The average molecular weight is 351 g/mol. The van der Waals surface area contributed by atoms with Crippen LogP contribution in [0.2, 0.25) is 0 Å². The summed E-state index contributed by atoms with van der Waals surface area (Å²) in [5.74, 6) is -0.419. The van der Waals surface area contributed by atoms with Gasteiger partial charge in [-0.2, -0.15) is 0 Å². The van der Waals surface area contributed by atoms with Gasteiger partial charge in [-0.25, -0.2) is 0 Å². The highest BCUT2D eigenvalue weighted by molar-refractivity contribution is 6.03. The summed E-state index contributed by atoms with van der Waals surface area (Å²) in [6.07, 6.45) is 3.49. The molecule has 26 heavy (non-hydrogen) atoms. The van der Waals surface area contributed by atoms with Crippen molar-refractivity contribution in [3.8, 4) is 5.69 Å². The van der Waals surface area contributed by atoms with Crippen LogP contribution in [0.3, 0.4) is 0 Å². The Morgan fingerprint density at radius 2 is 2.04 bits per heavy atom. The largest absolute Gasteiger partial charge is 0.391 e. The lowest BCUT2D eigenvalue weighted by atomic mass is 9.76. The first-order chi connectivity index (χ1) is 12.3. The number of benzene rings is 1. The van der Waals surface area contributed by atoms with Crippen molar-refractivity contribution in [2.45, 2.75) is 33.6 Å². The summed E-state index contributed by atoms with van der Waals surface area (Å²) in [4.78, 5) is 16.7. The van der Waals surface area contributed by atoms with Gasteiger partial charge in [0, 0.05) is 28.2 Å². The highest BCUT2D eigenvalue weighted by Gasteiger charge is 2.33. The number of carbonyl (C=O) groups is 1. The Labute approximate surface area is 154 Å². The van der Waals surface area contributed by atoms with Crippen LogP contribution in [0.15, 0.2) is 48.1 Å². The number of amides is 1. The number of nitrogens with two attached hydrogens (primary N) is 1. The first-order valence-electron chi connectivity index (χ1n) is 8.74. The summed E-state index contributed by atoms with van der Waals surface area (Å²) >= 11 is 0. The van der Waals surface area contributed by atoms with E-state index in [2.05, 4.69) is 43.1 Å². The molecule has 0 saturated heterocycles. The molecular weight excluding hydrogens is 326 g/mol. The number of rotatable bonds is 5. The first kappa shape index (κ1) is 18.0. The third-order valence-electron chi connectivity index (χ3n) is 4.67. The SMILES string of the molecule is C=CCO/N=C1\CC(C)(C)Cc2c1cc(C)n2-c1ccc(C(N)=O)cc1. The minimum Gasteiger partial charge on any atom is -0.391 e. The molecule has 0 aliphatic heterocycles. The third kappa shape index (κ3) is 3.43. The molecule has 136 valence electrons. The van der Waals surface area contributed by atoms with Crippen molar-refractivity contribution >= 4 is 11.6 Å². The number of nitrogens with zero attached hydrogens (tertiary/aromatic N) is 2. The van der Waals surface area contributed by atoms with Crippen molar-refractivity contribution in [1.82, 2.24) is 4.57 Å². The molecule has 1 heterocycles. The van der Waals surface area contributed by atoms with Crippen LogP contribution < -0.4 is 5.73 Å². The van der Waals surface area contributed by atoms with Gasteiger partial charge in [-0.1, -0.05) is 31.7 Å². The van der Waals surface area contributed by atoms with E-state index in [4.69, 9.17) is 10.6 Å². The van der Waals surface area contributed by atoms with Crippen LogP contribution in [0.1, 0.15) is 47.6 Å². The molecule has 0 bridgehead atoms. The Balaban J connectivity index is 2.08. The molecule has 2 aromatic rings. The van der Waals surface area contributed by atoms with Crippen molar-refractivity contribution in [2.24, 2.45) is 16.3 Å². The lowest BCUT2D eigenvalue weighted by Crippen LogP contribution is -2.28. The molecule has 1 amide bonds. The Morgan fingerprint density at radius 3 is 2.65 bits per heavy atom.